The van der Waals surface area contributed by atoms with Gasteiger partial charge in [-0.1, -0.05) is 18.2 Å². The molecular weight excluding hydrogens is 252 g/mol. The van der Waals surface area contributed by atoms with E-state index in [0.717, 1.165) is 10.8 Å². The Kier molecular flexibility index (Phi) is 3.29. The van der Waals surface area contributed by atoms with Crippen molar-refractivity contribution in [2.45, 2.75) is 0 Å². The Labute approximate surface area is 116 Å². The number of nitrogens with one attached hydrogen (secondary N) is 1. The average molecular weight is 264 g/mol. The molecule has 4 heteroatoms. The van der Waals surface area contributed by atoms with Crippen LogP contribution in [0.15, 0.2) is 67.0 Å². The van der Waals surface area contributed by atoms with E-state index in [9.17, 15) is 4.79 Å². The van der Waals surface area contributed by atoms with E-state index >= 15 is 0 Å². The molecule has 0 saturated heterocycles. The number of nitrogens with zero attached hydrogens (tertiary/aromatic N) is 1. The maximum absolute atomic E-state index is 11.8. The van der Waals surface area contributed by atoms with Gasteiger partial charge in [0.15, 0.2) is 0 Å². The molecule has 1 amide bonds. The third kappa shape index (κ3) is 2.75. The SMILES string of the molecule is O=C(Nc1ccccc1)Oc1ccc2cnccc2c1. The Bertz CT molecular complexity index is 742. The predicted molar refractivity (Wildman–Crippen MR) is 77.8 cm³/mol. The van der Waals surface area contributed by atoms with Crippen LogP contribution >= 0.6 is 0 Å². The highest BCUT2D eigenvalue weighted by molar-refractivity contribution is 5.88. The first-order chi connectivity index (χ1) is 9.81. The van der Waals surface area contributed by atoms with E-state index in [1.54, 1.807) is 30.6 Å². The van der Waals surface area contributed by atoms with Crippen LogP contribution in [0.1, 0.15) is 0 Å². The van der Waals surface area contributed by atoms with Crippen molar-refractivity contribution in [1.29, 1.82) is 0 Å². The van der Waals surface area contributed by atoms with E-state index in [-0.39, 0.29) is 0 Å². The molecule has 2 aromatic carbocycles. The molecule has 20 heavy (non-hydrogen) atoms. The Balaban J connectivity index is 1.74. The summed E-state index contributed by atoms with van der Waals surface area (Å²) < 4.78 is 5.26. The standard InChI is InChI=1S/C16H12N2O2/c19-16(18-14-4-2-1-3-5-14)20-15-7-6-13-11-17-9-8-12(13)10-15/h1-11H,(H,18,19). The highest BCUT2D eigenvalue weighted by atomic mass is 16.6. The van der Waals surface area contributed by atoms with Crippen molar-refractivity contribution in [3.05, 3.63) is 67.0 Å². The Morgan fingerprint density at radius 3 is 2.70 bits per heavy atom. The van der Waals surface area contributed by atoms with Gasteiger partial charge in [0.1, 0.15) is 5.75 Å². The molecular formula is C16H12N2O2. The predicted octanol–water partition coefficient (Wildman–Crippen LogP) is 3.85. The van der Waals surface area contributed by atoms with Crippen molar-refractivity contribution >= 4 is 22.6 Å². The fraction of sp³-hybridized carbons (Fsp3) is 0. The fourth-order valence-corrected chi connectivity index (χ4v) is 1.90. The third-order valence-corrected chi connectivity index (χ3v) is 2.84. The van der Waals surface area contributed by atoms with E-state index in [0.29, 0.717) is 11.4 Å². The average Bonchev–Trinajstić information content (AvgIpc) is 2.48. The summed E-state index contributed by atoms with van der Waals surface area (Å²) in [6, 6.07) is 16.5. The number of benzene rings is 2. The maximum Gasteiger partial charge on any atom is 0.417 e. The summed E-state index contributed by atoms with van der Waals surface area (Å²) in [5.41, 5.74) is 0.697. The molecule has 3 rings (SSSR count). The zero-order valence-electron chi connectivity index (χ0n) is 10.6. The first-order valence-corrected chi connectivity index (χ1v) is 6.19. The summed E-state index contributed by atoms with van der Waals surface area (Å²) in [7, 11) is 0. The number of carbonyl (C=O) groups is 1. The number of ether oxygens (including phenoxy) is 1. The highest BCUT2D eigenvalue weighted by Gasteiger charge is 2.05. The van der Waals surface area contributed by atoms with Crippen molar-refractivity contribution < 1.29 is 9.53 Å². The second-order valence-corrected chi connectivity index (χ2v) is 4.27. The third-order valence-electron chi connectivity index (χ3n) is 2.84. The number of hydrogen-bond acceptors (Lipinski definition) is 3. The molecule has 3 aromatic rings. The van der Waals surface area contributed by atoms with Gasteiger partial charge in [-0.05, 0) is 41.8 Å². The minimum atomic E-state index is -0.510. The van der Waals surface area contributed by atoms with E-state index < -0.39 is 6.09 Å². The topological polar surface area (TPSA) is 51.2 Å². The van der Waals surface area contributed by atoms with Gasteiger partial charge in [0.05, 0.1) is 0 Å². The van der Waals surface area contributed by atoms with Crippen molar-refractivity contribution in [2.24, 2.45) is 0 Å². The lowest BCUT2D eigenvalue weighted by atomic mass is 10.2. The molecule has 0 aliphatic heterocycles. The van der Waals surface area contributed by atoms with Crippen molar-refractivity contribution in [3.63, 3.8) is 0 Å². The quantitative estimate of drug-likeness (QED) is 0.765. The molecule has 0 bridgehead atoms. The van der Waals surface area contributed by atoms with Crippen LogP contribution in [0.3, 0.4) is 0 Å². The smallest absolute Gasteiger partial charge is 0.410 e. The Hall–Kier alpha value is -2.88. The lowest BCUT2D eigenvalue weighted by molar-refractivity contribution is 0.215. The molecule has 1 aromatic heterocycles. The number of anilines is 1. The van der Waals surface area contributed by atoms with E-state index in [1.165, 1.54) is 0 Å². The minimum Gasteiger partial charge on any atom is -0.410 e. The monoisotopic (exact) mass is 264 g/mol. The lowest BCUT2D eigenvalue weighted by Crippen LogP contribution is -2.16. The van der Waals surface area contributed by atoms with Crippen LogP contribution in [0.2, 0.25) is 0 Å². The van der Waals surface area contributed by atoms with E-state index in [2.05, 4.69) is 10.3 Å². The van der Waals surface area contributed by atoms with Crippen LogP contribution in [-0.2, 0) is 0 Å². The maximum atomic E-state index is 11.8. The number of fused-ring (bicyclic) bond motifs is 1. The van der Waals surface area contributed by atoms with Gasteiger partial charge in [0.25, 0.3) is 0 Å². The molecule has 0 radical (unpaired) electrons. The van der Waals surface area contributed by atoms with Crippen molar-refractivity contribution in [2.75, 3.05) is 5.32 Å². The van der Waals surface area contributed by atoms with Crippen LogP contribution in [0.25, 0.3) is 10.8 Å². The van der Waals surface area contributed by atoms with Crippen molar-refractivity contribution in [3.8, 4) is 5.75 Å². The molecule has 0 atom stereocenters. The zero-order valence-corrected chi connectivity index (χ0v) is 10.6. The first-order valence-electron chi connectivity index (χ1n) is 6.19. The second-order valence-electron chi connectivity index (χ2n) is 4.27. The van der Waals surface area contributed by atoms with Gasteiger partial charge in [-0.25, -0.2) is 4.79 Å². The molecule has 0 spiro atoms. The number of rotatable bonds is 2. The molecule has 0 aliphatic carbocycles. The normalized spacial score (nSPS) is 10.2. The number of hydrogen-bond donors (Lipinski definition) is 1. The number of amides is 1. The molecule has 0 unspecified atom stereocenters. The molecule has 1 N–H and O–H groups in total. The largest absolute Gasteiger partial charge is 0.417 e. The van der Waals surface area contributed by atoms with Gasteiger partial charge < -0.3 is 4.74 Å². The van der Waals surface area contributed by atoms with Crippen molar-refractivity contribution in [1.82, 2.24) is 4.98 Å². The first kappa shape index (κ1) is 12.2. The van der Waals surface area contributed by atoms with Gasteiger partial charge in [0, 0.05) is 23.5 Å². The minimum absolute atomic E-state index is 0.497. The van der Waals surface area contributed by atoms with E-state index in [1.807, 2.05) is 36.4 Å². The fourth-order valence-electron chi connectivity index (χ4n) is 1.90. The molecule has 98 valence electrons. The van der Waals surface area contributed by atoms with E-state index in [4.69, 9.17) is 4.74 Å². The molecule has 0 aliphatic rings. The molecule has 0 fully saturated rings. The summed E-state index contributed by atoms with van der Waals surface area (Å²) in [6.07, 6.45) is 2.96. The number of pyridine rings is 1. The van der Waals surface area contributed by atoms with Crippen LogP contribution in [0, 0.1) is 0 Å². The summed E-state index contributed by atoms with van der Waals surface area (Å²) in [5, 5.41) is 4.64. The van der Waals surface area contributed by atoms with Crippen LogP contribution in [-0.4, -0.2) is 11.1 Å². The highest BCUT2D eigenvalue weighted by Crippen LogP contribution is 2.20. The molecule has 0 saturated carbocycles. The second kappa shape index (κ2) is 5.40. The van der Waals surface area contributed by atoms with Crippen LogP contribution in [0.4, 0.5) is 10.5 Å². The van der Waals surface area contributed by atoms with Crippen LogP contribution in [0.5, 0.6) is 5.75 Å². The molecule has 1 heterocycles. The van der Waals surface area contributed by atoms with Gasteiger partial charge >= 0.3 is 6.09 Å². The van der Waals surface area contributed by atoms with Gasteiger partial charge in [-0.15, -0.1) is 0 Å². The summed E-state index contributed by atoms with van der Waals surface area (Å²) in [4.78, 5) is 15.8. The Morgan fingerprint density at radius 1 is 1.00 bits per heavy atom. The summed E-state index contributed by atoms with van der Waals surface area (Å²) in [6.45, 7) is 0. The number of carbonyl (C=O) groups excluding carboxylic acids is 1. The van der Waals surface area contributed by atoms with Crippen LogP contribution < -0.4 is 10.1 Å². The molecule has 4 nitrogen and oxygen atoms in total. The number of aromatic nitrogens is 1. The number of para-hydroxylation sites is 1. The van der Waals surface area contributed by atoms with Gasteiger partial charge in [-0.2, -0.15) is 0 Å². The van der Waals surface area contributed by atoms with Gasteiger partial charge in [-0.3, -0.25) is 10.3 Å². The zero-order chi connectivity index (χ0) is 13.8. The lowest BCUT2D eigenvalue weighted by Gasteiger charge is -2.07. The summed E-state index contributed by atoms with van der Waals surface area (Å²) in [5.74, 6) is 0.497. The van der Waals surface area contributed by atoms with Gasteiger partial charge in [0.2, 0.25) is 0 Å². The summed E-state index contributed by atoms with van der Waals surface area (Å²) >= 11 is 0. The Morgan fingerprint density at radius 2 is 1.85 bits per heavy atom.